The van der Waals surface area contributed by atoms with E-state index in [1.54, 1.807) is 37.3 Å². The molecule has 1 aliphatic rings. The summed E-state index contributed by atoms with van der Waals surface area (Å²) in [5.74, 6) is 0.194. The van der Waals surface area contributed by atoms with Gasteiger partial charge >= 0.3 is 5.97 Å². The molecule has 0 spiro atoms. The Morgan fingerprint density at radius 3 is 2.81 bits per heavy atom. The second kappa shape index (κ2) is 7.00. The molecule has 138 valence electrons. The highest BCUT2D eigenvalue weighted by Crippen LogP contribution is 2.32. The zero-order valence-corrected chi connectivity index (χ0v) is 15.8. The van der Waals surface area contributed by atoms with Gasteiger partial charge in [0, 0.05) is 10.4 Å². The molecule has 1 amide bonds. The first kappa shape index (κ1) is 17.5. The van der Waals surface area contributed by atoms with E-state index < -0.39 is 5.97 Å². The zero-order valence-electron chi connectivity index (χ0n) is 15.0. The molecule has 0 unspecified atom stereocenters. The Kier molecular flexibility index (Phi) is 4.53. The smallest absolute Gasteiger partial charge is 0.338 e. The molecule has 0 saturated carbocycles. The second-order valence-corrected chi connectivity index (χ2v) is 7.40. The highest BCUT2D eigenvalue weighted by molar-refractivity contribution is 7.16. The standard InChI is InChI=1S/C20H18N2O4S/c1-11-14(18(23)22-20-21-15-8-5-9-17(15)27-20)10-16(26-11)12-6-3-4-7-13(12)19(24)25-2/h3-4,6-7,10H,5,8-9H2,1-2H3,(H,21,22,23). The lowest BCUT2D eigenvalue weighted by Crippen LogP contribution is -2.12. The lowest BCUT2D eigenvalue weighted by atomic mass is 10.0. The van der Waals surface area contributed by atoms with Crippen molar-refractivity contribution in [3.63, 3.8) is 0 Å². The highest BCUT2D eigenvalue weighted by atomic mass is 32.1. The molecule has 0 fully saturated rings. The lowest BCUT2D eigenvalue weighted by Gasteiger charge is -2.04. The van der Waals surface area contributed by atoms with Gasteiger partial charge in [0.1, 0.15) is 11.5 Å². The second-order valence-electron chi connectivity index (χ2n) is 6.31. The van der Waals surface area contributed by atoms with E-state index in [2.05, 4.69) is 10.3 Å². The van der Waals surface area contributed by atoms with Crippen molar-refractivity contribution < 1.29 is 18.7 Å². The van der Waals surface area contributed by atoms with Gasteiger partial charge in [0.15, 0.2) is 5.13 Å². The number of rotatable bonds is 4. The normalized spacial score (nSPS) is 12.7. The number of nitrogens with one attached hydrogen (secondary N) is 1. The summed E-state index contributed by atoms with van der Waals surface area (Å²) in [6.07, 6.45) is 3.13. The van der Waals surface area contributed by atoms with Crippen molar-refractivity contribution in [1.29, 1.82) is 0 Å². The van der Waals surface area contributed by atoms with Crippen LogP contribution in [0.1, 0.15) is 43.5 Å². The molecule has 3 aromatic rings. The molecule has 1 aliphatic carbocycles. The first-order chi connectivity index (χ1) is 13.1. The summed E-state index contributed by atoms with van der Waals surface area (Å²) in [4.78, 5) is 30.4. The van der Waals surface area contributed by atoms with E-state index in [9.17, 15) is 9.59 Å². The van der Waals surface area contributed by atoms with Gasteiger partial charge in [-0.15, -0.1) is 11.3 Å². The Morgan fingerprint density at radius 2 is 2.04 bits per heavy atom. The number of ether oxygens (including phenoxy) is 1. The molecule has 4 rings (SSSR count). The Morgan fingerprint density at radius 1 is 1.22 bits per heavy atom. The van der Waals surface area contributed by atoms with Gasteiger partial charge in [0.25, 0.3) is 5.91 Å². The third-order valence-corrected chi connectivity index (χ3v) is 5.65. The van der Waals surface area contributed by atoms with Gasteiger partial charge in [-0.1, -0.05) is 18.2 Å². The molecule has 27 heavy (non-hydrogen) atoms. The van der Waals surface area contributed by atoms with Crippen molar-refractivity contribution in [2.75, 3.05) is 12.4 Å². The third kappa shape index (κ3) is 3.26. The maximum Gasteiger partial charge on any atom is 0.338 e. The average molecular weight is 382 g/mol. The number of aryl methyl sites for hydroxylation is 3. The number of esters is 1. The molecule has 2 aromatic heterocycles. The van der Waals surface area contributed by atoms with E-state index in [1.807, 2.05) is 0 Å². The van der Waals surface area contributed by atoms with Crippen LogP contribution in [0.2, 0.25) is 0 Å². The van der Waals surface area contributed by atoms with Crippen LogP contribution >= 0.6 is 11.3 Å². The number of nitrogens with zero attached hydrogens (tertiary/aromatic N) is 1. The summed E-state index contributed by atoms with van der Waals surface area (Å²) in [6, 6.07) is 8.62. The predicted molar refractivity (Wildman–Crippen MR) is 102 cm³/mol. The number of fused-ring (bicyclic) bond motifs is 1. The summed E-state index contributed by atoms with van der Waals surface area (Å²) >= 11 is 1.53. The van der Waals surface area contributed by atoms with Crippen molar-refractivity contribution >= 4 is 28.3 Å². The Labute approximate surface area is 160 Å². The van der Waals surface area contributed by atoms with E-state index in [0.29, 0.717) is 33.3 Å². The highest BCUT2D eigenvalue weighted by Gasteiger charge is 2.22. The number of thiazole rings is 1. The molecule has 2 heterocycles. The number of benzene rings is 1. The Bertz CT molecular complexity index is 1010. The van der Waals surface area contributed by atoms with Crippen molar-refractivity contribution in [2.45, 2.75) is 26.2 Å². The maximum absolute atomic E-state index is 12.7. The van der Waals surface area contributed by atoms with Gasteiger partial charge in [0.05, 0.1) is 23.9 Å². The quantitative estimate of drug-likeness (QED) is 0.683. The SMILES string of the molecule is COC(=O)c1ccccc1-c1cc(C(=O)Nc2nc3c(s2)CCC3)c(C)o1. The number of carbonyl (C=O) groups is 2. The van der Waals surface area contributed by atoms with Gasteiger partial charge < -0.3 is 9.15 Å². The van der Waals surface area contributed by atoms with Crippen LogP contribution in [-0.2, 0) is 17.6 Å². The number of hydrogen-bond acceptors (Lipinski definition) is 6. The summed E-state index contributed by atoms with van der Waals surface area (Å²) in [5, 5.41) is 3.47. The van der Waals surface area contributed by atoms with Crippen LogP contribution in [0, 0.1) is 6.92 Å². The van der Waals surface area contributed by atoms with Crippen LogP contribution in [-0.4, -0.2) is 24.0 Å². The fourth-order valence-electron chi connectivity index (χ4n) is 3.23. The maximum atomic E-state index is 12.7. The average Bonchev–Trinajstić information content (AvgIpc) is 3.35. The van der Waals surface area contributed by atoms with Crippen LogP contribution in [0.3, 0.4) is 0 Å². The van der Waals surface area contributed by atoms with Crippen LogP contribution in [0.5, 0.6) is 0 Å². The molecule has 0 atom stereocenters. The van der Waals surface area contributed by atoms with Crippen LogP contribution in [0.25, 0.3) is 11.3 Å². The van der Waals surface area contributed by atoms with Gasteiger partial charge in [-0.05, 0) is 38.3 Å². The number of anilines is 1. The fourth-order valence-corrected chi connectivity index (χ4v) is 4.28. The van der Waals surface area contributed by atoms with E-state index in [0.717, 1.165) is 25.0 Å². The Hall–Kier alpha value is -2.93. The van der Waals surface area contributed by atoms with Gasteiger partial charge in [-0.2, -0.15) is 0 Å². The van der Waals surface area contributed by atoms with Crippen molar-refractivity contribution in [1.82, 2.24) is 4.98 Å². The topological polar surface area (TPSA) is 81.4 Å². The van der Waals surface area contributed by atoms with Crippen molar-refractivity contribution in [3.8, 4) is 11.3 Å². The molecule has 1 N–H and O–H groups in total. The molecule has 0 saturated heterocycles. The van der Waals surface area contributed by atoms with Crippen molar-refractivity contribution in [2.24, 2.45) is 0 Å². The molecule has 1 aromatic carbocycles. The number of methoxy groups -OCH3 is 1. The molecular weight excluding hydrogens is 364 g/mol. The van der Waals surface area contributed by atoms with Crippen molar-refractivity contribution in [3.05, 3.63) is 57.8 Å². The summed E-state index contributed by atoms with van der Waals surface area (Å²) in [5.41, 5.74) is 2.48. The fraction of sp³-hybridized carbons (Fsp3) is 0.250. The number of amides is 1. The zero-order chi connectivity index (χ0) is 19.0. The summed E-state index contributed by atoms with van der Waals surface area (Å²) in [7, 11) is 1.33. The first-order valence-electron chi connectivity index (χ1n) is 8.65. The number of carbonyl (C=O) groups excluding carboxylic acids is 2. The minimum atomic E-state index is -0.456. The minimum Gasteiger partial charge on any atom is -0.465 e. The largest absolute Gasteiger partial charge is 0.465 e. The van der Waals surface area contributed by atoms with E-state index in [1.165, 1.54) is 23.3 Å². The molecule has 0 bridgehead atoms. The molecule has 0 radical (unpaired) electrons. The first-order valence-corrected chi connectivity index (χ1v) is 9.46. The van der Waals surface area contributed by atoms with Gasteiger partial charge in [0.2, 0.25) is 0 Å². The number of hydrogen-bond donors (Lipinski definition) is 1. The third-order valence-electron chi connectivity index (χ3n) is 4.58. The predicted octanol–water partition coefficient (Wildman–Crippen LogP) is 4.24. The van der Waals surface area contributed by atoms with E-state index in [-0.39, 0.29) is 5.91 Å². The molecule has 6 nitrogen and oxygen atoms in total. The van der Waals surface area contributed by atoms with Gasteiger partial charge in [-0.25, -0.2) is 9.78 Å². The van der Waals surface area contributed by atoms with Gasteiger partial charge in [-0.3, -0.25) is 10.1 Å². The lowest BCUT2D eigenvalue weighted by molar-refractivity contribution is 0.0601. The monoisotopic (exact) mass is 382 g/mol. The summed E-state index contributed by atoms with van der Waals surface area (Å²) in [6.45, 7) is 1.72. The minimum absolute atomic E-state index is 0.273. The van der Waals surface area contributed by atoms with Crippen LogP contribution < -0.4 is 5.32 Å². The number of aromatic nitrogens is 1. The molecule has 7 heteroatoms. The molecular formula is C20H18N2O4S. The Balaban J connectivity index is 1.61. The summed E-state index contributed by atoms with van der Waals surface area (Å²) < 4.78 is 10.6. The van der Waals surface area contributed by atoms with Crippen LogP contribution in [0.15, 0.2) is 34.7 Å². The van der Waals surface area contributed by atoms with Crippen LogP contribution in [0.4, 0.5) is 5.13 Å². The number of furan rings is 1. The molecule has 0 aliphatic heterocycles. The van der Waals surface area contributed by atoms with E-state index >= 15 is 0 Å². The van der Waals surface area contributed by atoms with E-state index in [4.69, 9.17) is 9.15 Å².